The van der Waals surface area contributed by atoms with Crippen molar-refractivity contribution in [2.75, 3.05) is 0 Å². The first-order valence-electron chi connectivity index (χ1n) is 4.54. The molecule has 0 unspecified atom stereocenters. The minimum atomic E-state index is -4.49. The van der Waals surface area contributed by atoms with Crippen LogP contribution in [0.5, 0.6) is 0 Å². The van der Waals surface area contributed by atoms with Gasteiger partial charge in [0.25, 0.3) is 0 Å². The molecule has 0 radical (unpaired) electrons. The van der Waals surface area contributed by atoms with E-state index >= 15 is 0 Å². The molecule has 0 bridgehead atoms. The van der Waals surface area contributed by atoms with Gasteiger partial charge in [0.15, 0.2) is 11.6 Å². The molecule has 0 N–H and O–H groups in total. The smallest absolute Gasteiger partial charge is 0.289 e. The van der Waals surface area contributed by atoms with Crippen LogP contribution in [0.2, 0.25) is 0 Å². The van der Waals surface area contributed by atoms with Crippen molar-refractivity contribution >= 4 is 23.3 Å². The minimum absolute atomic E-state index is 0.0201. The van der Waals surface area contributed by atoms with Crippen LogP contribution in [0.1, 0.15) is 20.7 Å². The summed E-state index contributed by atoms with van der Waals surface area (Å²) in [5.74, 6) is -1.03. The lowest BCUT2D eigenvalue weighted by Crippen LogP contribution is -2.14. The molecule has 0 spiro atoms. The van der Waals surface area contributed by atoms with Gasteiger partial charge in [0.2, 0.25) is 0 Å². The lowest BCUT2D eigenvalue weighted by atomic mass is 9.95. The van der Waals surface area contributed by atoms with E-state index in [1.807, 2.05) is 0 Å². The highest BCUT2D eigenvalue weighted by Gasteiger charge is 2.33. The van der Waals surface area contributed by atoms with Crippen molar-refractivity contribution in [1.29, 1.82) is 0 Å². The quantitative estimate of drug-likeness (QED) is 0.725. The molecular formula is C11H5F3O2S. The first kappa shape index (κ1) is 11.9. The Labute approximate surface area is 98.5 Å². The van der Waals surface area contributed by atoms with Gasteiger partial charge in [-0.15, -0.1) is 0 Å². The molecule has 0 atom stereocenters. The summed E-state index contributed by atoms with van der Waals surface area (Å²) < 4.78 is 36.9. The summed E-state index contributed by atoms with van der Waals surface area (Å²) in [6.45, 7) is 0. The predicted molar refractivity (Wildman–Crippen MR) is 56.2 cm³/mol. The van der Waals surface area contributed by atoms with Crippen LogP contribution in [0.3, 0.4) is 0 Å². The van der Waals surface area contributed by atoms with Gasteiger partial charge in [-0.3, -0.25) is 9.59 Å². The molecule has 1 aliphatic carbocycles. The molecule has 0 aromatic heterocycles. The summed E-state index contributed by atoms with van der Waals surface area (Å²) in [6.07, 6.45) is 2.05. The van der Waals surface area contributed by atoms with Gasteiger partial charge in [-0.05, 0) is 30.0 Å². The second-order valence-electron chi connectivity index (χ2n) is 3.29. The molecule has 1 aliphatic rings. The van der Waals surface area contributed by atoms with Crippen LogP contribution in [0.4, 0.5) is 13.2 Å². The fraction of sp³-hybridized carbons (Fsp3) is 0.0909. The van der Waals surface area contributed by atoms with Gasteiger partial charge in [-0.25, -0.2) is 0 Å². The van der Waals surface area contributed by atoms with Gasteiger partial charge in [0, 0.05) is 16.0 Å². The number of carbonyl (C=O) groups excluding carboxylic acids is 2. The van der Waals surface area contributed by atoms with E-state index in [2.05, 4.69) is 0 Å². The van der Waals surface area contributed by atoms with E-state index in [1.54, 1.807) is 0 Å². The van der Waals surface area contributed by atoms with E-state index in [1.165, 1.54) is 18.2 Å². The number of hydrogen-bond acceptors (Lipinski definition) is 3. The van der Waals surface area contributed by atoms with Gasteiger partial charge < -0.3 is 0 Å². The zero-order valence-corrected chi connectivity index (χ0v) is 9.06. The number of fused-ring (bicyclic) bond motifs is 1. The minimum Gasteiger partial charge on any atom is -0.289 e. The molecule has 2 nitrogen and oxygen atoms in total. The Hall–Kier alpha value is -1.56. The van der Waals surface area contributed by atoms with Gasteiger partial charge in [0.1, 0.15) is 0 Å². The summed E-state index contributed by atoms with van der Waals surface area (Å²) in [4.78, 5) is 22.7. The van der Waals surface area contributed by atoms with Crippen LogP contribution < -0.4 is 0 Å². The standard InChI is InChI=1S/C11H5F3O2S/c12-11(13,14)17-9-3-1-2-6-7(15)4-5-8(16)10(6)9/h1-5H. The SMILES string of the molecule is O=C1C=CC(=O)c2c(SC(F)(F)F)cccc21. The Kier molecular flexibility index (Phi) is 2.82. The van der Waals surface area contributed by atoms with Gasteiger partial charge >= 0.3 is 5.51 Å². The van der Waals surface area contributed by atoms with Crippen LogP contribution in [-0.4, -0.2) is 17.1 Å². The molecule has 0 fully saturated rings. The van der Waals surface area contributed by atoms with E-state index in [-0.39, 0.29) is 27.8 Å². The predicted octanol–water partition coefficient (Wildman–Crippen LogP) is 3.23. The lowest BCUT2D eigenvalue weighted by Gasteiger charge is -2.14. The normalized spacial score (nSPS) is 15.0. The maximum Gasteiger partial charge on any atom is 0.446 e. The summed E-state index contributed by atoms with van der Waals surface area (Å²) in [5.41, 5.74) is -4.63. The number of halogens is 3. The molecule has 2 rings (SSSR count). The van der Waals surface area contributed by atoms with Crippen molar-refractivity contribution in [1.82, 2.24) is 0 Å². The van der Waals surface area contributed by atoms with E-state index in [0.29, 0.717) is 0 Å². The van der Waals surface area contributed by atoms with Crippen molar-refractivity contribution < 1.29 is 22.8 Å². The van der Waals surface area contributed by atoms with E-state index in [0.717, 1.165) is 12.2 Å². The van der Waals surface area contributed by atoms with E-state index in [9.17, 15) is 22.8 Å². The number of alkyl halides is 3. The number of ketones is 2. The fourth-order valence-electron chi connectivity index (χ4n) is 1.52. The number of carbonyl (C=O) groups is 2. The maximum atomic E-state index is 12.3. The van der Waals surface area contributed by atoms with Crippen LogP contribution >= 0.6 is 11.8 Å². The number of allylic oxidation sites excluding steroid dienone is 2. The van der Waals surface area contributed by atoms with Crippen molar-refractivity contribution in [3.63, 3.8) is 0 Å². The Morgan fingerprint density at radius 2 is 1.65 bits per heavy atom. The Bertz CT molecular complexity index is 532. The molecule has 1 aromatic rings. The number of benzene rings is 1. The highest BCUT2D eigenvalue weighted by Crippen LogP contribution is 2.40. The van der Waals surface area contributed by atoms with Crippen LogP contribution in [0, 0.1) is 0 Å². The van der Waals surface area contributed by atoms with Crippen LogP contribution in [-0.2, 0) is 0 Å². The third-order valence-corrected chi connectivity index (χ3v) is 2.94. The third-order valence-electron chi connectivity index (χ3n) is 2.15. The highest BCUT2D eigenvalue weighted by molar-refractivity contribution is 8.00. The zero-order chi connectivity index (χ0) is 12.6. The summed E-state index contributed by atoms with van der Waals surface area (Å²) >= 11 is -0.386. The van der Waals surface area contributed by atoms with Crippen molar-refractivity contribution in [2.24, 2.45) is 0 Å². The van der Waals surface area contributed by atoms with E-state index in [4.69, 9.17) is 0 Å². The molecule has 0 aliphatic heterocycles. The van der Waals surface area contributed by atoms with Crippen LogP contribution in [0.15, 0.2) is 35.2 Å². The molecule has 1 aromatic carbocycles. The second-order valence-corrected chi connectivity index (χ2v) is 4.40. The average Bonchev–Trinajstić information content (AvgIpc) is 2.21. The number of thioether (sulfide) groups is 1. The molecule has 0 amide bonds. The summed E-state index contributed by atoms with van der Waals surface area (Å²) in [7, 11) is 0. The molecule has 88 valence electrons. The first-order chi connectivity index (χ1) is 7.88. The molecule has 6 heteroatoms. The van der Waals surface area contributed by atoms with Crippen molar-refractivity contribution in [2.45, 2.75) is 10.4 Å². The highest BCUT2D eigenvalue weighted by atomic mass is 32.2. The monoisotopic (exact) mass is 258 g/mol. The molecule has 17 heavy (non-hydrogen) atoms. The third kappa shape index (κ3) is 2.41. The van der Waals surface area contributed by atoms with Crippen molar-refractivity contribution in [3.8, 4) is 0 Å². The number of rotatable bonds is 1. The van der Waals surface area contributed by atoms with Crippen molar-refractivity contribution in [3.05, 3.63) is 41.5 Å². The maximum absolute atomic E-state index is 12.3. The molecule has 0 heterocycles. The van der Waals surface area contributed by atoms with Gasteiger partial charge in [-0.2, -0.15) is 13.2 Å². The second kappa shape index (κ2) is 4.03. The Morgan fingerprint density at radius 3 is 2.29 bits per heavy atom. The van der Waals surface area contributed by atoms with Gasteiger partial charge in [0.05, 0.1) is 0 Å². The van der Waals surface area contributed by atoms with Crippen LogP contribution in [0.25, 0.3) is 0 Å². The first-order valence-corrected chi connectivity index (χ1v) is 5.35. The average molecular weight is 258 g/mol. The summed E-state index contributed by atoms with van der Waals surface area (Å²) in [5, 5.41) is 0. The molecule has 0 saturated heterocycles. The zero-order valence-electron chi connectivity index (χ0n) is 8.25. The fourth-order valence-corrected chi connectivity index (χ4v) is 2.23. The lowest BCUT2D eigenvalue weighted by molar-refractivity contribution is -0.0328. The molecule has 0 saturated carbocycles. The largest absolute Gasteiger partial charge is 0.446 e. The molecular weight excluding hydrogens is 253 g/mol. The number of hydrogen-bond donors (Lipinski definition) is 0. The Morgan fingerprint density at radius 1 is 1.00 bits per heavy atom. The van der Waals surface area contributed by atoms with E-state index < -0.39 is 17.1 Å². The Balaban J connectivity index is 2.54. The van der Waals surface area contributed by atoms with Gasteiger partial charge in [-0.1, -0.05) is 12.1 Å². The topological polar surface area (TPSA) is 34.1 Å². The summed E-state index contributed by atoms with van der Waals surface area (Å²) in [6, 6.07) is 3.86.